The molecule has 0 unspecified atom stereocenters. The summed E-state index contributed by atoms with van der Waals surface area (Å²) in [6.07, 6.45) is 3.19. The van der Waals surface area contributed by atoms with Crippen molar-refractivity contribution in [1.82, 2.24) is 0 Å². The molecule has 130 valence electrons. The number of rotatable bonds is 6. The molecule has 0 amide bonds. The smallest absolute Gasteiger partial charge is 0.185 e. The molecule has 0 aliphatic carbocycles. The van der Waals surface area contributed by atoms with Crippen molar-refractivity contribution >= 4 is 23.5 Å². The minimum atomic E-state index is -0.361. The Bertz CT molecular complexity index is 898. The Morgan fingerprint density at radius 3 is 2.23 bits per heavy atom. The molecule has 0 saturated heterocycles. The Hall–Kier alpha value is -2.91. The molecule has 0 bridgehead atoms. The predicted octanol–water partition coefficient (Wildman–Crippen LogP) is 5.95. The standard InChI is InChI=1S/C22H16ClFO2/c23-19-8-1-17(2-9-19)15-26-21-12-3-16(4-13-21)5-14-22(25)18-6-10-20(24)11-7-18/h1-14H,15H2/b14-5+. The van der Waals surface area contributed by atoms with E-state index in [-0.39, 0.29) is 11.6 Å². The monoisotopic (exact) mass is 366 g/mol. The second-order valence-corrected chi connectivity index (χ2v) is 6.13. The van der Waals surface area contributed by atoms with Gasteiger partial charge in [0.15, 0.2) is 5.78 Å². The Kier molecular flexibility index (Phi) is 5.82. The van der Waals surface area contributed by atoms with Gasteiger partial charge < -0.3 is 4.74 Å². The lowest BCUT2D eigenvalue weighted by Gasteiger charge is -2.06. The molecule has 3 aromatic carbocycles. The molecule has 0 aromatic heterocycles. The molecule has 3 rings (SSSR count). The first-order chi connectivity index (χ1) is 12.6. The summed E-state index contributed by atoms with van der Waals surface area (Å²) in [5, 5.41) is 0.695. The van der Waals surface area contributed by atoms with Gasteiger partial charge in [0, 0.05) is 10.6 Å². The maximum atomic E-state index is 12.9. The molecule has 26 heavy (non-hydrogen) atoms. The SMILES string of the molecule is O=C(/C=C/c1ccc(OCc2ccc(Cl)cc2)cc1)c1ccc(F)cc1. The topological polar surface area (TPSA) is 26.3 Å². The van der Waals surface area contributed by atoms with Gasteiger partial charge in [-0.25, -0.2) is 4.39 Å². The summed E-state index contributed by atoms with van der Waals surface area (Å²) in [5.74, 6) is 0.203. The average molecular weight is 367 g/mol. The number of hydrogen-bond acceptors (Lipinski definition) is 2. The number of benzene rings is 3. The molecule has 0 radical (unpaired) electrons. The maximum absolute atomic E-state index is 12.9. The summed E-state index contributed by atoms with van der Waals surface area (Å²) < 4.78 is 18.6. The van der Waals surface area contributed by atoms with Crippen molar-refractivity contribution in [2.24, 2.45) is 0 Å². The fraction of sp³-hybridized carbons (Fsp3) is 0.0455. The highest BCUT2D eigenvalue weighted by atomic mass is 35.5. The summed E-state index contributed by atoms with van der Waals surface area (Å²) in [6, 6.07) is 20.4. The number of hydrogen-bond donors (Lipinski definition) is 0. The summed E-state index contributed by atoms with van der Waals surface area (Å²) in [6.45, 7) is 0.454. The van der Waals surface area contributed by atoms with Crippen LogP contribution >= 0.6 is 11.6 Å². The van der Waals surface area contributed by atoms with Crippen molar-refractivity contribution in [3.8, 4) is 5.75 Å². The van der Waals surface area contributed by atoms with Gasteiger partial charge in [0.25, 0.3) is 0 Å². The lowest BCUT2D eigenvalue weighted by atomic mass is 10.1. The summed E-state index contributed by atoms with van der Waals surface area (Å²) in [7, 11) is 0. The molecule has 0 aliphatic rings. The van der Waals surface area contributed by atoms with E-state index in [1.165, 1.54) is 30.3 Å². The summed E-state index contributed by atoms with van der Waals surface area (Å²) in [4.78, 5) is 12.0. The van der Waals surface area contributed by atoms with Gasteiger partial charge in [0.05, 0.1) is 0 Å². The quantitative estimate of drug-likeness (QED) is 0.397. The van der Waals surface area contributed by atoms with E-state index in [4.69, 9.17) is 16.3 Å². The minimum absolute atomic E-state index is 0.173. The van der Waals surface area contributed by atoms with Crippen molar-refractivity contribution in [3.05, 3.63) is 106 Å². The van der Waals surface area contributed by atoms with Crippen LogP contribution in [-0.4, -0.2) is 5.78 Å². The van der Waals surface area contributed by atoms with Crippen molar-refractivity contribution in [2.75, 3.05) is 0 Å². The van der Waals surface area contributed by atoms with E-state index in [1.807, 2.05) is 48.5 Å². The minimum Gasteiger partial charge on any atom is -0.489 e. The van der Waals surface area contributed by atoms with Gasteiger partial charge in [-0.15, -0.1) is 0 Å². The number of ketones is 1. The zero-order valence-electron chi connectivity index (χ0n) is 13.9. The molecule has 3 aromatic rings. The lowest BCUT2D eigenvalue weighted by molar-refractivity contribution is 0.104. The molecule has 0 atom stereocenters. The number of halogens is 2. The van der Waals surface area contributed by atoms with E-state index in [0.29, 0.717) is 17.2 Å². The highest BCUT2D eigenvalue weighted by Gasteiger charge is 2.02. The van der Waals surface area contributed by atoms with Crippen LogP contribution in [0.2, 0.25) is 5.02 Å². The molecular weight excluding hydrogens is 351 g/mol. The van der Waals surface area contributed by atoms with Crippen molar-refractivity contribution in [3.63, 3.8) is 0 Å². The third-order valence-electron chi connectivity index (χ3n) is 3.75. The Labute approximate surface area is 156 Å². The lowest BCUT2D eigenvalue weighted by Crippen LogP contribution is -1.95. The van der Waals surface area contributed by atoms with E-state index >= 15 is 0 Å². The van der Waals surface area contributed by atoms with Gasteiger partial charge in [-0.2, -0.15) is 0 Å². The van der Waals surface area contributed by atoms with Crippen LogP contribution in [0, 0.1) is 5.82 Å². The molecule has 0 heterocycles. The van der Waals surface area contributed by atoms with Gasteiger partial charge in [-0.05, 0) is 65.7 Å². The first-order valence-electron chi connectivity index (χ1n) is 8.05. The van der Waals surface area contributed by atoms with Crippen molar-refractivity contribution in [2.45, 2.75) is 6.61 Å². The normalized spacial score (nSPS) is 10.8. The fourth-order valence-corrected chi connectivity index (χ4v) is 2.43. The van der Waals surface area contributed by atoms with Crippen LogP contribution < -0.4 is 4.74 Å². The summed E-state index contributed by atoms with van der Waals surface area (Å²) in [5.41, 5.74) is 2.35. The molecule has 0 spiro atoms. The molecule has 0 fully saturated rings. The first kappa shape index (κ1) is 17.9. The fourth-order valence-electron chi connectivity index (χ4n) is 2.30. The van der Waals surface area contributed by atoms with Gasteiger partial charge in [-0.3, -0.25) is 4.79 Å². The van der Waals surface area contributed by atoms with Gasteiger partial charge in [-0.1, -0.05) is 41.9 Å². The Morgan fingerprint density at radius 1 is 0.923 bits per heavy atom. The molecule has 0 saturated carbocycles. The zero-order valence-corrected chi connectivity index (χ0v) is 14.6. The maximum Gasteiger partial charge on any atom is 0.185 e. The molecular formula is C22H16ClFO2. The number of allylic oxidation sites excluding steroid dienone is 1. The van der Waals surface area contributed by atoms with Crippen LogP contribution in [-0.2, 0) is 6.61 Å². The van der Waals surface area contributed by atoms with Crippen LogP contribution in [0.1, 0.15) is 21.5 Å². The van der Waals surface area contributed by atoms with E-state index < -0.39 is 0 Å². The molecule has 4 heteroatoms. The predicted molar refractivity (Wildman–Crippen MR) is 102 cm³/mol. The summed E-state index contributed by atoms with van der Waals surface area (Å²) >= 11 is 5.86. The number of carbonyl (C=O) groups is 1. The number of carbonyl (C=O) groups excluding carboxylic acids is 1. The van der Waals surface area contributed by atoms with Crippen LogP contribution in [0.3, 0.4) is 0 Å². The van der Waals surface area contributed by atoms with Gasteiger partial charge in [0.1, 0.15) is 18.2 Å². The van der Waals surface area contributed by atoms with Crippen LogP contribution in [0.4, 0.5) is 4.39 Å². The van der Waals surface area contributed by atoms with Crippen LogP contribution in [0.5, 0.6) is 5.75 Å². The first-order valence-corrected chi connectivity index (χ1v) is 8.43. The largest absolute Gasteiger partial charge is 0.489 e. The van der Waals surface area contributed by atoms with Crippen molar-refractivity contribution < 1.29 is 13.9 Å². The Morgan fingerprint density at radius 2 is 1.58 bits per heavy atom. The van der Waals surface area contributed by atoms with Gasteiger partial charge in [0.2, 0.25) is 0 Å². The van der Waals surface area contributed by atoms with Crippen molar-refractivity contribution in [1.29, 1.82) is 0 Å². The second kappa shape index (κ2) is 8.45. The molecule has 2 nitrogen and oxygen atoms in total. The Balaban J connectivity index is 1.57. The van der Waals surface area contributed by atoms with E-state index in [0.717, 1.165) is 16.9 Å². The average Bonchev–Trinajstić information content (AvgIpc) is 2.67. The third kappa shape index (κ3) is 5.04. The van der Waals surface area contributed by atoms with E-state index in [1.54, 1.807) is 6.08 Å². The van der Waals surface area contributed by atoms with E-state index in [2.05, 4.69) is 0 Å². The highest BCUT2D eigenvalue weighted by Crippen LogP contribution is 2.16. The second-order valence-electron chi connectivity index (χ2n) is 5.69. The highest BCUT2D eigenvalue weighted by molar-refractivity contribution is 6.30. The van der Waals surface area contributed by atoms with Crippen LogP contribution in [0.25, 0.3) is 6.08 Å². The van der Waals surface area contributed by atoms with Gasteiger partial charge >= 0.3 is 0 Å². The third-order valence-corrected chi connectivity index (χ3v) is 4.01. The molecule has 0 aliphatic heterocycles. The van der Waals surface area contributed by atoms with E-state index in [9.17, 15) is 9.18 Å². The number of ether oxygens (including phenoxy) is 1. The molecule has 0 N–H and O–H groups in total. The van der Waals surface area contributed by atoms with Crippen LogP contribution in [0.15, 0.2) is 78.9 Å². The zero-order chi connectivity index (χ0) is 18.4.